The molecule has 0 bridgehead atoms. The predicted molar refractivity (Wildman–Crippen MR) is 50.0 cm³/mol. The second-order valence-electron chi connectivity index (χ2n) is 3.37. The van der Waals surface area contributed by atoms with E-state index < -0.39 is 12.1 Å². The molecule has 1 aliphatic heterocycles. The highest BCUT2D eigenvalue weighted by Crippen LogP contribution is 2.22. The van der Waals surface area contributed by atoms with Crippen molar-refractivity contribution in [2.24, 2.45) is 0 Å². The third-order valence-corrected chi connectivity index (χ3v) is 2.21. The normalized spacial score (nSPS) is 26.4. The van der Waals surface area contributed by atoms with Gasteiger partial charge in [0.2, 0.25) is 0 Å². The number of carbonyl (C=O) groups is 2. The van der Waals surface area contributed by atoms with Crippen molar-refractivity contribution in [3.05, 3.63) is 12.7 Å². The van der Waals surface area contributed by atoms with Gasteiger partial charge in [-0.25, -0.2) is 0 Å². The molecule has 4 heteroatoms. The molecule has 2 atom stereocenters. The summed E-state index contributed by atoms with van der Waals surface area (Å²) in [5.41, 5.74) is 0. The third-order valence-electron chi connectivity index (χ3n) is 2.21. The molecule has 0 amide bonds. The molecule has 0 unspecified atom stereocenters. The number of ether oxygens (including phenoxy) is 1. The van der Waals surface area contributed by atoms with E-state index in [1.54, 1.807) is 6.08 Å². The van der Waals surface area contributed by atoms with Crippen LogP contribution in [0.1, 0.15) is 25.7 Å². The number of rotatable bonds is 5. The summed E-state index contributed by atoms with van der Waals surface area (Å²) in [6.07, 6.45) is 2.35. The highest BCUT2D eigenvalue weighted by molar-refractivity contribution is 5.85. The van der Waals surface area contributed by atoms with Crippen molar-refractivity contribution in [2.45, 2.75) is 37.9 Å². The summed E-state index contributed by atoms with van der Waals surface area (Å²) >= 11 is 0. The highest BCUT2D eigenvalue weighted by atomic mass is 16.5. The Bertz CT molecular complexity index is 247. The van der Waals surface area contributed by atoms with Crippen molar-refractivity contribution in [3.63, 3.8) is 0 Å². The minimum absolute atomic E-state index is 0.0543. The summed E-state index contributed by atoms with van der Waals surface area (Å²) < 4.78 is 5.38. The Hall–Kier alpha value is -1.16. The van der Waals surface area contributed by atoms with Crippen LogP contribution in [0.15, 0.2) is 12.7 Å². The van der Waals surface area contributed by atoms with Crippen molar-refractivity contribution < 1.29 is 19.4 Å². The molecule has 1 aliphatic rings. The molecular weight excluding hydrogens is 184 g/mol. The lowest BCUT2D eigenvalue weighted by Gasteiger charge is -2.09. The first kappa shape index (κ1) is 10.9. The topological polar surface area (TPSA) is 63.6 Å². The van der Waals surface area contributed by atoms with Gasteiger partial charge in [0.15, 0.2) is 5.78 Å². The fourth-order valence-corrected chi connectivity index (χ4v) is 1.51. The molecule has 1 rings (SSSR count). The van der Waals surface area contributed by atoms with Crippen LogP contribution in [0.3, 0.4) is 0 Å². The fraction of sp³-hybridized carbons (Fsp3) is 0.600. The van der Waals surface area contributed by atoms with Crippen molar-refractivity contribution in [1.29, 1.82) is 0 Å². The van der Waals surface area contributed by atoms with Gasteiger partial charge >= 0.3 is 5.97 Å². The van der Waals surface area contributed by atoms with E-state index >= 15 is 0 Å². The van der Waals surface area contributed by atoms with Gasteiger partial charge in [0, 0.05) is 12.8 Å². The number of hydrogen-bond acceptors (Lipinski definition) is 3. The van der Waals surface area contributed by atoms with Crippen LogP contribution in [0.5, 0.6) is 0 Å². The van der Waals surface area contributed by atoms with Gasteiger partial charge in [0.25, 0.3) is 0 Å². The molecule has 1 N–H and O–H groups in total. The second kappa shape index (κ2) is 4.91. The van der Waals surface area contributed by atoms with Crippen LogP contribution in [0.4, 0.5) is 0 Å². The van der Waals surface area contributed by atoms with E-state index in [4.69, 9.17) is 9.84 Å². The Morgan fingerprint density at radius 3 is 3.00 bits per heavy atom. The summed E-state index contributed by atoms with van der Waals surface area (Å²) in [7, 11) is 0. The largest absolute Gasteiger partial charge is 0.481 e. The number of ketones is 1. The molecule has 0 saturated carbocycles. The van der Waals surface area contributed by atoms with Gasteiger partial charge in [0.1, 0.15) is 6.10 Å². The fourth-order valence-electron chi connectivity index (χ4n) is 1.51. The Balaban J connectivity index is 2.34. The van der Waals surface area contributed by atoms with Crippen molar-refractivity contribution in [2.75, 3.05) is 0 Å². The van der Waals surface area contributed by atoms with Gasteiger partial charge in [-0.1, -0.05) is 6.08 Å². The van der Waals surface area contributed by atoms with E-state index in [2.05, 4.69) is 6.58 Å². The third kappa shape index (κ3) is 2.96. The van der Waals surface area contributed by atoms with E-state index in [0.29, 0.717) is 19.3 Å². The molecule has 0 aromatic carbocycles. The molecule has 1 fully saturated rings. The summed E-state index contributed by atoms with van der Waals surface area (Å²) in [6.45, 7) is 3.53. The van der Waals surface area contributed by atoms with E-state index in [1.165, 1.54) is 0 Å². The van der Waals surface area contributed by atoms with Crippen LogP contribution >= 0.6 is 0 Å². The standard InChI is InChI=1S/C10H14O4/c1-2-3-9-8(11)6-7(14-9)4-5-10(12)13/h2,7,9H,1,3-6H2,(H,12,13)/t7-,9-/m0/s1. The Morgan fingerprint density at radius 1 is 1.71 bits per heavy atom. The summed E-state index contributed by atoms with van der Waals surface area (Å²) in [4.78, 5) is 21.6. The first-order valence-corrected chi connectivity index (χ1v) is 4.64. The molecule has 0 radical (unpaired) electrons. The zero-order valence-electron chi connectivity index (χ0n) is 7.94. The highest BCUT2D eigenvalue weighted by Gasteiger charge is 2.32. The first-order valence-electron chi connectivity index (χ1n) is 4.64. The van der Waals surface area contributed by atoms with Gasteiger partial charge in [-0.2, -0.15) is 0 Å². The van der Waals surface area contributed by atoms with E-state index in [9.17, 15) is 9.59 Å². The average Bonchev–Trinajstić information content (AvgIpc) is 2.45. The zero-order valence-corrected chi connectivity index (χ0v) is 7.94. The molecule has 0 spiro atoms. The molecule has 0 aromatic rings. The Morgan fingerprint density at radius 2 is 2.43 bits per heavy atom. The molecule has 4 nitrogen and oxygen atoms in total. The maximum Gasteiger partial charge on any atom is 0.303 e. The molecule has 0 aromatic heterocycles. The lowest BCUT2D eigenvalue weighted by Crippen LogP contribution is -2.14. The van der Waals surface area contributed by atoms with Crippen LogP contribution < -0.4 is 0 Å². The van der Waals surface area contributed by atoms with Gasteiger partial charge in [-0.15, -0.1) is 6.58 Å². The number of carboxylic acids is 1. The number of carbonyl (C=O) groups excluding carboxylic acids is 1. The van der Waals surface area contributed by atoms with Gasteiger partial charge in [-0.3, -0.25) is 9.59 Å². The minimum atomic E-state index is -0.854. The van der Waals surface area contributed by atoms with E-state index in [1.807, 2.05) is 0 Å². The van der Waals surface area contributed by atoms with Crippen LogP contribution in [-0.2, 0) is 14.3 Å². The molecule has 1 heterocycles. The summed E-state index contributed by atoms with van der Waals surface area (Å²) in [5, 5.41) is 8.45. The quantitative estimate of drug-likeness (QED) is 0.673. The molecule has 78 valence electrons. The minimum Gasteiger partial charge on any atom is -0.481 e. The van der Waals surface area contributed by atoms with Crippen molar-refractivity contribution >= 4 is 11.8 Å². The second-order valence-corrected chi connectivity index (χ2v) is 3.37. The molecular formula is C10H14O4. The van der Waals surface area contributed by atoms with E-state index in [0.717, 1.165) is 0 Å². The zero-order chi connectivity index (χ0) is 10.6. The molecule has 14 heavy (non-hydrogen) atoms. The maximum atomic E-state index is 11.3. The molecule has 0 aliphatic carbocycles. The number of hydrogen-bond donors (Lipinski definition) is 1. The predicted octanol–water partition coefficient (Wildman–Crippen LogP) is 1.15. The number of carboxylic acid groups (broad SMARTS) is 1. The maximum absolute atomic E-state index is 11.3. The van der Waals surface area contributed by atoms with Crippen LogP contribution in [0.25, 0.3) is 0 Å². The van der Waals surface area contributed by atoms with Crippen LogP contribution in [0, 0.1) is 0 Å². The van der Waals surface area contributed by atoms with Gasteiger partial charge in [-0.05, 0) is 12.8 Å². The van der Waals surface area contributed by atoms with Crippen LogP contribution in [0.2, 0.25) is 0 Å². The summed E-state index contributed by atoms with van der Waals surface area (Å²) in [5.74, 6) is -0.798. The lowest BCUT2D eigenvalue weighted by atomic mass is 10.1. The first-order chi connectivity index (χ1) is 6.63. The van der Waals surface area contributed by atoms with Gasteiger partial charge in [0.05, 0.1) is 6.10 Å². The lowest BCUT2D eigenvalue weighted by molar-refractivity contribution is -0.137. The number of aliphatic carboxylic acids is 1. The average molecular weight is 198 g/mol. The van der Waals surface area contributed by atoms with Crippen molar-refractivity contribution in [3.8, 4) is 0 Å². The van der Waals surface area contributed by atoms with Crippen LogP contribution in [-0.4, -0.2) is 29.1 Å². The Labute approximate surface area is 82.6 Å². The van der Waals surface area contributed by atoms with E-state index in [-0.39, 0.29) is 18.3 Å². The Kier molecular flexibility index (Phi) is 3.83. The monoisotopic (exact) mass is 198 g/mol. The van der Waals surface area contributed by atoms with Crippen molar-refractivity contribution in [1.82, 2.24) is 0 Å². The molecule has 1 saturated heterocycles. The number of Topliss-reactive ketones (excluding diaryl/α,β-unsaturated/α-hetero) is 1. The summed E-state index contributed by atoms with van der Waals surface area (Å²) in [6, 6.07) is 0. The van der Waals surface area contributed by atoms with Gasteiger partial charge < -0.3 is 9.84 Å². The smallest absolute Gasteiger partial charge is 0.303 e. The SMILES string of the molecule is C=CC[C@@H]1O[C@@H](CCC(=O)O)CC1=O.